The molecule has 1 aromatic heterocycles. The predicted octanol–water partition coefficient (Wildman–Crippen LogP) is 2.47. The quantitative estimate of drug-likeness (QED) is 0.850. The first-order valence-electron chi connectivity index (χ1n) is 9.52. The Bertz CT molecular complexity index is 900. The Balaban J connectivity index is 1.25. The van der Waals surface area contributed by atoms with Gasteiger partial charge in [-0.15, -0.1) is 11.3 Å². The van der Waals surface area contributed by atoms with Crippen LogP contribution >= 0.6 is 11.3 Å². The van der Waals surface area contributed by atoms with Gasteiger partial charge in [0.15, 0.2) is 11.5 Å². The average molecular weight is 402 g/mol. The normalized spacial score (nSPS) is 28.3. The van der Waals surface area contributed by atoms with Gasteiger partial charge >= 0.3 is 0 Å². The minimum absolute atomic E-state index is 0.0125. The van der Waals surface area contributed by atoms with Crippen LogP contribution < -0.4 is 14.2 Å². The van der Waals surface area contributed by atoms with Crippen molar-refractivity contribution in [2.45, 2.75) is 32.0 Å². The van der Waals surface area contributed by atoms with E-state index in [9.17, 15) is 9.90 Å². The molecule has 148 valence electrons. The van der Waals surface area contributed by atoms with Gasteiger partial charge in [-0.2, -0.15) is 0 Å². The number of aromatic nitrogens is 1. The summed E-state index contributed by atoms with van der Waals surface area (Å²) in [6.45, 7) is 3.48. The molecule has 2 aliphatic heterocycles. The SMILES string of the molecule is Cc1nc(C(=O)N2C[C@H]3C[C@@H](Oc4ccc5c(c4)OCO5)[C@H](O)C[C@H]3C2)cs1. The number of hydrogen-bond acceptors (Lipinski definition) is 7. The summed E-state index contributed by atoms with van der Waals surface area (Å²) in [5, 5.41) is 13.3. The van der Waals surface area contributed by atoms with Gasteiger partial charge in [-0.1, -0.05) is 0 Å². The number of amides is 1. The lowest BCUT2D eigenvalue weighted by Gasteiger charge is -2.35. The maximum absolute atomic E-state index is 12.7. The van der Waals surface area contributed by atoms with Gasteiger partial charge in [-0.05, 0) is 43.7 Å². The van der Waals surface area contributed by atoms with E-state index >= 15 is 0 Å². The highest BCUT2D eigenvalue weighted by atomic mass is 32.1. The van der Waals surface area contributed by atoms with E-state index in [1.807, 2.05) is 29.3 Å². The molecule has 1 N–H and O–H groups in total. The van der Waals surface area contributed by atoms with Crippen molar-refractivity contribution >= 4 is 17.2 Å². The van der Waals surface area contributed by atoms with Gasteiger partial charge in [0.25, 0.3) is 5.91 Å². The molecule has 3 heterocycles. The van der Waals surface area contributed by atoms with Crippen LogP contribution in [0.4, 0.5) is 0 Å². The summed E-state index contributed by atoms with van der Waals surface area (Å²) in [5.41, 5.74) is 0.523. The van der Waals surface area contributed by atoms with E-state index in [4.69, 9.17) is 14.2 Å². The molecular formula is C20H22N2O5S. The van der Waals surface area contributed by atoms with Gasteiger partial charge < -0.3 is 24.2 Å². The zero-order chi connectivity index (χ0) is 19.3. The Labute approximate surface area is 166 Å². The lowest BCUT2D eigenvalue weighted by molar-refractivity contribution is -0.0232. The number of nitrogens with zero attached hydrogens (tertiary/aromatic N) is 2. The number of ether oxygens (including phenoxy) is 3. The smallest absolute Gasteiger partial charge is 0.273 e. The van der Waals surface area contributed by atoms with E-state index in [-0.39, 0.29) is 18.8 Å². The third-order valence-corrected chi connectivity index (χ3v) is 6.62. The second-order valence-corrected chi connectivity index (χ2v) is 8.75. The van der Waals surface area contributed by atoms with Crippen LogP contribution in [0.15, 0.2) is 23.6 Å². The Morgan fingerprint density at radius 3 is 2.82 bits per heavy atom. The van der Waals surface area contributed by atoms with Crippen LogP contribution in [0, 0.1) is 18.8 Å². The molecule has 4 atom stereocenters. The van der Waals surface area contributed by atoms with Crippen molar-refractivity contribution in [1.82, 2.24) is 9.88 Å². The first kappa shape index (κ1) is 17.8. The van der Waals surface area contributed by atoms with Gasteiger partial charge in [0.05, 0.1) is 11.1 Å². The van der Waals surface area contributed by atoms with E-state index in [2.05, 4.69) is 4.98 Å². The van der Waals surface area contributed by atoms with E-state index in [1.54, 1.807) is 6.07 Å². The molecule has 0 bridgehead atoms. The summed E-state index contributed by atoms with van der Waals surface area (Å²) >= 11 is 1.49. The zero-order valence-electron chi connectivity index (χ0n) is 15.5. The van der Waals surface area contributed by atoms with Crippen LogP contribution in [0.2, 0.25) is 0 Å². The number of likely N-dealkylation sites (tertiary alicyclic amines) is 1. The lowest BCUT2D eigenvalue weighted by atomic mass is 9.78. The highest BCUT2D eigenvalue weighted by Crippen LogP contribution is 2.40. The van der Waals surface area contributed by atoms with Crippen molar-refractivity contribution in [2.24, 2.45) is 11.8 Å². The molecule has 8 heteroatoms. The number of carbonyl (C=O) groups is 1. The van der Waals surface area contributed by atoms with E-state index in [0.717, 1.165) is 11.4 Å². The summed E-state index contributed by atoms with van der Waals surface area (Å²) in [4.78, 5) is 18.9. The van der Waals surface area contributed by atoms with Gasteiger partial charge in [0, 0.05) is 24.5 Å². The zero-order valence-corrected chi connectivity index (χ0v) is 16.4. The molecule has 5 rings (SSSR count). The van der Waals surface area contributed by atoms with E-state index < -0.39 is 6.10 Å². The largest absolute Gasteiger partial charge is 0.488 e. The molecule has 0 spiro atoms. The molecule has 1 aliphatic carbocycles. The van der Waals surface area contributed by atoms with Crippen molar-refractivity contribution in [3.05, 3.63) is 34.3 Å². The fourth-order valence-corrected chi connectivity index (χ4v) is 5.02. The first-order chi connectivity index (χ1) is 13.6. The maximum atomic E-state index is 12.7. The lowest BCUT2D eigenvalue weighted by Crippen LogP contribution is -2.42. The topological polar surface area (TPSA) is 81.1 Å². The minimum Gasteiger partial charge on any atom is -0.488 e. The Hall–Kier alpha value is -2.32. The summed E-state index contributed by atoms with van der Waals surface area (Å²) in [6.07, 6.45) is 0.515. The number of carbonyl (C=O) groups excluding carboxylic acids is 1. The summed E-state index contributed by atoms with van der Waals surface area (Å²) in [5.74, 6) is 2.65. The van der Waals surface area contributed by atoms with Crippen LogP contribution in [-0.2, 0) is 0 Å². The van der Waals surface area contributed by atoms with Gasteiger partial charge in [0.1, 0.15) is 17.5 Å². The minimum atomic E-state index is -0.553. The monoisotopic (exact) mass is 402 g/mol. The summed E-state index contributed by atoms with van der Waals surface area (Å²) in [6, 6.07) is 5.46. The van der Waals surface area contributed by atoms with Crippen LogP contribution in [0.25, 0.3) is 0 Å². The van der Waals surface area contributed by atoms with Crippen LogP contribution in [0.5, 0.6) is 17.2 Å². The van der Waals surface area contributed by atoms with Crippen LogP contribution in [0.1, 0.15) is 28.3 Å². The fourth-order valence-electron chi connectivity index (χ4n) is 4.43. The number of benzene rings is 1. The summed E-state index contributed by atoms with van der Waals surface area (Å²) < 4.78 is 16.8. The number of fused-ring (bicyclic) bond motifs is 2. The molecule has 7 nitrogen and oxygen atoms in total. The van der Waals surface area contributed by atoms with Crippen molar-refractivity contribution < 1.29 is 24.1 Å². The molecule has 2 fully saturated rings. The number of rotatable bonds is 3. The van der Waals surface area contributed by atoms with Crippen LogP contribution in [-0.4, -0.2) is 53.0 Å². The van der Waals surface area contributed by atoms with Gasteiger partial charge in [-0.25, -0.2) is 4.98 Å². The Morgan fingerprint density at radius 2 is 2.04 bits per heavy atom. The fraction of sp³-hybridized carbons (Fsp3) is 0.500. The molecule has 3 aliphatic rings. The molecule has 2 aromatic rings. The van der Waals surface area contributed by atoms with Crippen molar-refractivity contribution in [3.63, 3.8) is 0 Å². The van der Waals surface area contributed by atoms with Crippen molar-refractivity contribution in [1.29, 1.82) is 0 Å². The number of thiazole rings is 1. The summed E-state index contributed by atoms with van der Waals surface area (Å²) in [7, 11) is 0. The number of aryl methyl sites for hydroxylation is 1. The highest BCUT2D eigenvalue weighted by molar-refractivity contribution is 7.09. The molecule has 28 heavy (non-hydrogen) atoms. The Kier molecular flexibility index (Phi) is 4.40. The van der Waals surface area contributed by atoms with Crippen molar-refractivity contribution in [2.75, 3.05) is 19.9 Å². The molecule has 1 amide bonds. The van der Waals surface area contributed by atoms with Crippen molar-refractivity contribution in [3.8, 4) is 17.2 Å². The number of aliphatic hydroxyl groups excluding tert-OH is 1. The van der Waals surface area contributed by atoms with E-state index in [0.29, 0.717) is 54.3 Å². The second-order valence-electron chi connectivity index (χ2n) is 7.69. The highest BCUT2D eigenvalue weighted by Gasteiger charge is 2.44. The standard InChI is InChI=1S/C20H22N2O5S/c1-11-21-15(9-28-11)20(24)22-7-12-4-16(23)18(5-13(12)8-22)27-14-2-3-17-19(6-14)26-10-25-17/h2-3,6,9,12-13,16,18,23H,4-5,7-8,10H2,1H3/t12-,13+,16+,18+/m0/s1. The number of hydrogen-bond donors (Lipinski definition) is 1. The molecule has 1 saturated carbocycles. The molecule has 0 radical (unpaired) electrons. The Morgan fingerprint density at radius 1 is 1.25 bits per heavy atom. The van der Waals surface area contributed by atoms with E-state index in [1.165, 1.54) is 11.3 Å². The average Bonchev–Trinajstić information content (AvgIpc) is 3.40. The molecular weight excluding hydrogens is 380 g/mol. The predicted molar refractivity (Wildman–Crippen MR) is 102 cm³/mol. The third-order valence-electron chi connectivity index (χ3n) is 5.84. The van der Waals surface area contributed by atoms with Gasteiger partial charge in [0.2, 0.25) is 6.79 Å². The van der Waals surface area contributed by atoms with Crippen LogP contribution in [0.3, 0.4) is 0 Å². The third kappa shape index (κ3) is 3.20. The first-order valence-corrected chi connectivity index (χ1v) is 10.4. The maximum Gasteiger partial charge on any atom is 0.273 e. The molecule has 1 aromatic carbocycles. The van der Waals surface area contributed by atoms with Gasteiger partial charge in [-0.3, -0.25) is 4.79 Å². The second kappa shape index (κ2) is 6.93. The number of aliphatic hydroxyl groups is 1. The molecule has 0 unspecified atom stereocenters. The molecule has 1 saturated heterocycles.